The molecule has 0 spiro atoms. The van der Waals surface area contributed by atoms with Gasteiger partial charge < -0.3 is 10.2 Å². The summed E-state index contributed by atoms with van der Waals surface area (Å²) in [5.41, 5.74) is -0.796. The van der Waals surface area contributed by atoms with Crippen LogP contribution in [-0.2, 0) is 9.59 Å². The zero-order valence-electron chi connectivity index (χ0n) is 11.5. The zero-order chi connectivity index (χ0) is 13.8. The fraction of sp³-hybridized carbons (Fsp3) is 0.714. The number of rotatable bonds is 4. The third-order valence-corrected chi connectivity index (χ3v) is 3.70. The lowest BCUT2D eigenvalue weighted by atomic mass is 9.96. The number of hydrogen-bond acceptors (Lipinski definition) is 2. The SMILES string of the molecule is C#CCC(CC)N1CCC(=O)NC(C)(CC)C1=O. The molecule has 0 aromatic carbocycles. The van der Waals surface area contributed by atoms with Crippen molar-refractivity contribution < 1.29 is 9.59 Å². The van der Waals surface area contributed by atoms with Crippen LogP contribution in [0.15, 0.2) is 0 Å². The quantitative estimate of drug-likeness (QED) is 0.765. The Morgan fingerprint density at radius 3 is 2.67 bits per heavy atom. The second kappa shape index (κ2) is 5.90. The van der Waals surface area contributed by atoms with Crippen molar-refractivity contribution in [2.24, 2.45) is 0 Å². The third-order valence-electron chi connectivity index (χ3n) is 3.70. The fourth-order valence-corrected chi connectivity index (χ4v) is 2.26. The fourth-order valence-electron chi connectivity index (χ4n) is 2.26. The van der Waals surface area contributed by atoms with E-state index in [2.05, 4.69) is 11.2 Å². The van der Waals surface area contributed by atoms with Gasteiger partial charge in [0, 0.05) is 25.4 Å². The first-order valence-corrected chi connectivity index (χ1v) is 6.54. The molecule has 4 nitrogen and oxygen atoms in total. The first kappa shape index (κ1) is 14.6. The highest BCUT2D eigenvalue weighted by Gasteiger charge is 2.40. The van der Waals surface area contributed by atoms with Crippen molar-refractivity contribution in [1.29, 1.82) is 0 Å². The van der Waals surface area contributed by atoms with Crippen LogP contribution in [-0.4, -0.2) is 34.8 Å². The standard InChI is InChI=1S/C14H22N2O2/c1-5-8-11(6-2)16-10-9-12(17)15-14(4,7-3)13(16)18/h1,11H,6-10H2,2-4H3,(H,15,17). The monoisotopic (exact) mass is 250 g/mol. The van der Waals surface area contributed by atoms with Gasteiger partial charge in [0.1, 0.15) is 5.54 Å². The van der Waals surface area contributed by atoms with Crippen LogP contribution in [0.5, 0.6) is 0 Å². The molecule has 4 heteroatoms. The van der Waals surface area contributed by atoms with E-state index in [-0.39, 0.29) is 17.9 Å². The summed E-state index contributed by atoms with van der Waals surface area (Å²) in [4.78, 5) is 26.0. The lowest BCUT2D eigenvalue weighted by Gasteiger charge is -2.35. The van der Waals surface area contributed by atoms with E-state index in [9.17, 15) is 9.59 Å². The summed E-state index contributed by atoms with van der Waals surface area (Å²) >= 11 is 0. The molecule has 2 atom stereocenters. The van der Waals surface area contributed by atoms with Gasteiger partial charge in [0.25, 0.3) is 0 Å². The Labute approximate surface area is 109 Å². The minimum atomic E-state index is -0.796. The number of carbonyl (C=O) groups excluding carboxylic acids is 2. The van der Waals surface area contributed by atoms with E-state index >= 15 is 0 Å². The molecule has 2 amide bonds. The second-order valence-electron chi connectivity index (χ2n) is 4.95. The van der Waals surface area contributed by atoms with Crippen molar-refractivity contribution in [2.45, 2.75) is 58.0 Å². The van der Waals surface area contributed by atoms with E-state index < -0.39 is 5.54 Å². The molecule has 100 valence electrons. The Hall–Kier alpha value is -1.50. The number of carbonyl (C=O) groups is 2. The van der Waals surface area contributed by atoms with Crippen molar-refractivity contribution in [1.82, 2.24) is 10.2 Å². The maximum Gasteiger partial charge on any atom is 0.248 e. The summed E-state index contributed by atoms with van der Waals surface area (Å²) in [7, 11) is 0. The van der Waals surface area contributed by atoms with Gasteiger partial charge in [0.05, 0.1) is 0 Å². The van der Waals surface area contributed by atoms with E-state index in [1.165, 1.54) is 0 Å². The lowest BCUT2D eigenvalue weighted by molar-refractivity contribution is -0.140. The topological polar surface area (TPSA) is 49.4 Å². The molecule has 1 heterocycles. The van der Waals surface area contributed by atoms with Gasteiger partial charge in [-0.1, -0.05) is 13.8 Å². The maximum absolute atomic E-state index is 12.6. The molecule has 1 fully saturated rings. The van der Waals surface area contributed by atoms with Crippen LogP contribution in [0.2, 0.25) is 0 Å². The van der Waals surface area contributed by atoms with Crippen molar-refractivity contribution in [3.05, 3.63) is 0 Å². The van der Waals surface area contributed by atoms with Crippen LogP contribution in [0.1, 0.15) is 46.5 Å². The third kappa shape index (κ3) is 2.84. The largest absolute Gasteiger partial charge is 0.342 e. The molecule has 0 saturated carbocycles. The highest BCUT2D eigenvalue weighted by Crippen LogP contribution is 2.21. The van der Waals surface area contributed by atoms with Gasteiger partial charge in [-0.3, -0.25) is 9.59 Å². The van der Waals surface area contributed by atoms with E-state index in [0.29, 0.717) is 25.8 Å². The highest BCUT2D eigenvalue weighted by molar-refractivity contribution is 5.93. The van der Waals surface area contributed by atoms with Crippen LogP contribution >= 0.6 is 0 Å². The van der Waals surface area contributed by atoms with Gasteiger partial charge >= 0.3 is 0 Å². The predicted octanol–water partition coefficient (Wildman–Crippen LogP) is 1.31. The minimum Gasteiger partial charge on any atom is -0.342 e. The van der Waals surface area contributed by atoms with Crippen LogP contribution in [0.4, 0.5) is 0 Å². The number of nitrogens with zero attached hydrogens (tertiary/aromatic N) is 1. The summed E-state index contributed by atoms with van der Waals surface area (Å²) < 4.78 is 0. The van der Waals surface area contributed by atoms with Crippen LogP contribution in [0.25, 0.3) is 0 Å². The Morgan fingerprint density at radius 2 is 2.17 bits per heavy atom. The van der Waals surface area contributed by atoms with Crippen LogP contribution < -0.4 is 5.32 Å². The average molecular weight is 250 g/mol. The van der Waals surface area contributed by atoms with Crippen molar-refractivity contribution in [2.75, 3.05) is 6.54 Å². The Balaban J connectivity index is 3.00. The molecule has 0 aromatic rings. The number of amides is 2. The minimum absolute atomic E-state index is 0.0158. The molecule has 1 saturated heterocycles. The van der Waals surface area contributed by atoms with Gasteiger partial charge in [0.15, 0.2) is 0 Å². The maximum atomic E-state index is 12.6. The summed E-state index contributed by atoms with van der Waals surface area (Å²) in [6.07, 6.45) is 7.63. The Morgan fingerprint density at radius 1 is 1.50 bits per heavy atom. The van der Waals surface area contributed by atoms with Crippen molar-refractivity contribution >= 4 is 11.8 Å². The highest BCUT2D eigenvalue weighted by atomic mass is 16.2. The summed E-state index contributed by atoms with van der Waals surface area (Å²) in [5.74, 6) is 2.53. The molecule has 0 aliphatic carbocycles. The Kier molecular flexibility index (Phi) is 4.77. The summed E-state index contributed by atoms with van der Waals surface area (Å²) in [6, 6.07) is 0.0288. The molecule has 0 aromatic heterocycles. The molecular formula is C14H22N2O2. The van der Waals surface area contributed by atoms with Crippen LogP contribution in [0.3, 0.4) is 0 Å². The van der Waals surface area contributed by atoms with Gasteiger partial charge in [-0.05, 0) is 19.8 Å². The number of terminal acetylenes is 1. The summed E-state index contributed by atoms with van der Waals surface area (Å²) in [6.45, 7) is 6.16. The number of nitrogens with one attached hydrogen (secondary N) is 1. The first-order valence-electron chi connectivity index (χ1n) is 6.54. The van der Waals surface area contributed by atoms with E-state index in [1.54, 1.807) is 11.8 Å². The smallest absolute Gasteiger partial charge is 0.248 e. The average Bonchev–Trinajstić information content (AvgIpc) is 2.46. The van der Waals surface area contributed by atoms with Gasteiger partial charge in [-0.25, -0.2) is 0 Å². The molecule has 0 radical (unpaired) electrons. The molecule has 1 rings (SSSR count). The Bertz CT molecular complexity index is 372. The zero-order valence-corrected chi connectivity index (χ0v) is 11.5. The molecule has 1 N–H and O–H groups in total. The lowest BCUT2D eigenvalue weighted by Crippen LogP contribution is -2.56. The first-order chi connectivity index (χ1) is 8.48. The normalized spacial score (nSPS) is 26.2. The van der Waals surface area contributed by atoms with E-state index in [0.717, 1.165) is 6.42 Å². The summed E-state index contributed by atoms with van der Waals surface area (Å²) in [5, 5.41) is 2.82. The van der Waals surface area contributed by atoms with E-state index in [4.69, 9.17) is 6.42 Å². The van der Waals surface area contributed by atoms with Crippen molar-refractivity contribution in [3.8, 4) is 12.3 Å². The molecule has 2 unspecified atom stereocenters. The molecule has 1 aliphatic rings. The van der Waals surface area contributed by atoms with E-state index in [1.807, 2.05) is 13.8 Å². The number of hydrogen-bond donors (Lipinski definition) is 1. The second-order valence-corrected chi connectivity index (χ2v) is 4.95. The van der Waals surface area contributed by atoms with Crippen molar-refractivity contribution in [3.63, 3.8) is 0 Å². The predicted molar refractivity (Wildman–Crippen MR) is 70.7 cm³/mol. The van der Waals surface area contributed by atoms with Gasteiger partial charge in [0.2, 0.25) is 11.8 Å². The molecule has 0 bridgehead atoms. The van der Waals surface area contributed by atoms with Crippen LogP contribution in [0, 0.1) is 12.3 Å². The molecular weight excluding hydrogens is 228 g/mol. The molecule has 1 aliphatic heterocycles. The van der Waals surface area contributed by atoms with Gasteiger partial charge in [-0.15, -0.1) is 12.3 Å². The van der Waals surface area contributed by atoms with Gasteiger partial charge in [-0.2, -0.15) is 0 Å². The molecule has 18 heavy (non-hydrogen) atoms.